The number of nitrogens with one attached hydrogen (secondary N) is 1. The standard InChI is InChI=1S/C16H19ClFNO/c17-14-13-9(7-11(18)15(14)20)8-12-10-3-1-2-4-16(10,13)5-6-19-12/h7,10,12,19-20H,1-6,8H2/t10-,12+,16+/m0/s1. The van der Waals surface area contributed by atoms with Crippen molar-refractivity contribution in [3.63, 3.8) is 0 Å². The van der Waals surface area contributed by atoms with Crippen LogP contribution in [0.2, 0.25) is 5.02 Å². The Morgan fingerprint density at radius 2 is 2.20 bits per heavy atom. The van der Waals surface area contributed by atoms with Crippen molar-refractivity contribution in [1.29, 1.82) is 0 Å². The van der Waals surface area contributed by atoms with Gasteiger partial charge in [-0.1, -0.05) is 24.4 Å². The van der Waals surface area contributed by atoms with Crippen LogP contribution in [0.15, 0.2) is 6.07 Å². The quantitative estimate of drug-likeness (QED) is 0.767. The number of fused-ring (bicyclic) bond motifs is 1. The maximum Gasteiger partial charge on any atom is 0.170 e. The molecule has 4 heteroatoms. The van der Waals surface area contributed by atoms with Crippen LogP contribution in [0.1, 0.15) is 43.2 Å². The molecule has 3 aliphatic rings. The van der Waals surface area contributed by atoms with Crippen molar-refractivity contribution in [2.24, 2.45) is 5.92 Å². The molecule has 20 heavy (non-hydrogen) atoms. The van der Waals surface area contributed by atoms with E-state index in [1.165, 1.54) is 25.3 Å². The lowest BCUT2D eigenvalue weighted by Crippen LogP contribution is -2.59. The summed E-state index contributed by atoms with van der Waals surface area (Å²) in [5.41, 5.74) is 2.12. The third-order valence-corrected chi connectivity index (χ3v) is 6.14. The molecule has 2 fully saturated rings. The Morgan fingerprint density at radius 1 is 1.35 bits per heavy atom. The lowest BCUT2D eigenvalue weighted by molar-refractivity contribution is 0.0794. The molecule has 2 N–H and O–H groups in total. The van der Waals surface area contributed by atoms with E-state index in [1.807, 2.05) is 0 Å². The third-order valence-electron chi connectivity index (χ3n) is 5.77. The minimum absolute atomic E-state index is 0.0595. The van der Waals surface area contributed by atoms with Gasteiger partial charge in [-0.25, -0.2) is 4.39 Å². The topological polar surface area (TPSA) is 32.3 Å². The van der Waals surface area contributed by atoms with E-state index in [9.17, 15) is 9.50 Å². The highest BCUT2D eigenvalue weighted by Crippen LogP contribution is 2.57. The zero-order valence-corrected chi connectivity index (χ0v) is 12.1. The summed E-state index contributed by atoms with van der Waals surface area (Å²) >= 11 is 6.37. The average Bonchev–Trinajstić information content (AvgIpc) is 2.44. The van der Waals surface area contributed by atoms with E-state index >= 15 is 0 Å². The summed E-state index contributed by atoms with van der Waals surface area (Å²) in [5, 5.41) is 13.8. The van der Waals surface area contributed by atoms with E-state index in [-0.39, 0.29) is 16.2 Å². The zero-order chi connectivity index (χ0) is 13.9. The average molecular weight is 296 g/mol. The number of benzene rings is 1. The number of aromatic hydroxyl groups is 1. The van der Waals surface area contributed by atoms with E-state index in [1.54, 1.807) is 0 Å². The maximum absolute atomic E-state index is 13.8. The molecule has 2 aliphatic carbocycles. The first kappa shape index (κ1) is 12.9. The van der Waals surface area contributed by atoms with Crippen LogP contribution in [0.25, 0.3) is 0 Å². The van der Waals surface area contributed by atoms with Gasteiger partial charge in [0.25, 0.3) is 0 Å². The summed E-state index contributed by atoms with van der Waals surface area (Å²) < 4.78 is 13.8. The Balaban J connectivity index is 1.97. The summed E-state index contributed by atoms with van der Waals surface area (Å²) in [4.78, 5) is 0. The molecule has 2 nitrogen and oxygen atoms in total. The monoisotopic (exact) mass is 295 g/mol. The molecule has 0 spiro atoms. The van der Waals surface area contributed by atoms with Crippen LogP contribution in [0, 0.1) is 11.7 Å². The van der Waals surface area contributed by atoms with Crippen molar-refractivity contribution in [2.45, 2.75) is 50.0 Å². The zero-order valence-electron chi connectivity index (χ0n) is 11.4. The summed E-state index contributed by atoms with van der Waals surface area (Å²) in [6.45, 7) is 0.995. The van der Waals surface area contributed by atoms with Crippen molar-refractivity contribution in [3.8, 4) is 5.75 Å². The van der Waals surface area contributed by atoms with Gasteiger partial charge in [-0.2, -0.15) is 0 Å². The van der Waals surface area contributed by atoms with Crippen molar-refractivity contribution in [3.05, 3.63) is 28.0 Å². The molecular formula is C16H19ClFNO. The van der Waals surface area contributed by atoms with Gasteiger partial charge < -0.3 is 10.4 Å². The summed E-state index contributed by atoms with van der Waals surface area (Å²) in [6.07, 6.45) is 6.69. The number of phenols is 1. The smallest absolute Gasteiger partial charge is 0.170 e. The van der Waals surface area contributed by atoms with E-state index in [4.69, 9.17) is 11.6 Å². The lowest BCUT2D eigenvalue weighted by Gasteiger charge is -2.56. The van der Waals surface area contributed by atoms with E-state index in [0.717, 1.165) is 36.9 Å². The van der Waals surface area contributed by atoms with Crippen LogP contribution in [-0.2, 0) is 11.8 Å². The molecule has 1 saturated heterocycles. The number of hydrogen-bond acceptors (Lipinski definition) is 2. The van der Waals surface area contributed by atoms with Crippen LogP contribution >= 0.6 is 11.6 Å². The summed E-state index contributed by atoms with van der Waals surface area (Å²) in [6, 6.07) is 1.94. The van der Waals surface area contributed by atoms with E-state index < -0.39 is 5.82 Å². The molecule has 0 aromatic heterocycles. The van der Waals surface area contributed by atoms with Crippen molar-refractivity contribution < 1.29 is 9.50 Å². The van der Waals surface area contributed by atoms with E-state index in [0.29, 0.717) is 12.0 Å². The van der Waals surface area contributed by atoms with Crippen molar-refractivity contribution in [2.75, 3.05) is 6.54 Å². The fourth-order valence-electron chi connectivity index (χ4n) is 5.03. The highest BCUT2D eigenvalue weighted by Gasteiger charge is 2.52. The van der Waals surface area contributed by atoms with Gasteiger partial charge in [0.15, 0.2) is 11.6 Å². The molecule has 1 aromatic carbocycles. The summed E-state index contributed by atoms with van der Waals surface area (Å²) in [5.74, 6) is -0.363. The number of halogens is 2. The predicted octanol–water partition coefficient (Wildman–Crippen LogP) is 3.53. The second kappa shape index (κ2) is 4.35. The number of rotatable bonds is 0. The lowest BCUT2D eigenvalue weighted by atomic mass is 9.53. The van der Waals surface area contributed by atoms with Crippen LogP contribution < -0.4 is 5.32 Å². The van der Waals surface area contributed by atoms with Gasteiger partial charge >= 0.3 is 0 Å². The molecule has 0 radical (unpaired) electrons. The molecule has 108 valence electrons. The number of hydrogen-bond donors (Lipinski definition) is 2. The van der Waals surface area contributed by atoms with Gasteiger partial charge in [0.05, 0.1) is 5.02 Å². The Morgan fingerprint density at radius 3 is 3.05 bits per heavy atom. The third kappa shape index (κ3) is 1.54. The van der Waals surface area contributed by atoms with E-state index in [2.05, 4.69) is 5.32 Å². The van der Waals surface area contributed by atoms with Crippen molar-refractivity contribution >= 4 is 11.6 Å². The van der Waals surface area contributed by atoms with Gasteiger partial charge in [0.2, 0.25) is 0 Å². The van der Waals surface area contributed by atoms with Gasteiger partial charge in [-0.3, -0.25) is 0 Å². The maximum atomic E-state index is 13.8. The Labute approximate surface area is 123 Å². The molecule has 1 aromatic rings. The fourth-order valence-corrected chi connectivity index (χ4v) is 5.43. The van der Waals surface area contributed by atoms with Gasteiger partial charge in [-0.05, 0) is 55.3 Å². The molecule has 2 bridgehead atoms. The minimum atomic E-state index is -0.586. The molecule has 0 amide bonds. The van der Waals surface area contributed by atoms with Crippen LogP contribution in [0.4, 0.5) is 4.39 Å². The van der Waals surface area contributed by atoms with Gasteiger partial charge in [-0.15, -0.1) is 0 Å². The summed E-state index contributed by atoms with van der Waals surface area (Å²) in [7, 11) is 0. The predicted molar refractivity (Wildman–Crippen MR) is 76.8 cm³/mol. The van der Waals surface area contributed by atoms with Crippen molar-refractivity contribution in [1.82, 2.24) is 5.32 Å². The fraction of sp³-hybridized carbons (Fsp3) is 0.625. The Bertz CT molecular complexity index is 572. The second-order valence-corrected chi connectivity index (χ2v) is 6.96. The highest BCUT2D eigenvalue weighted by atomic mass is 35.5. The number of piperidine rings is 1. The van der Waals surface area contributed by atoms with Crippen LogP contribution in [-0.4, -0.2) is 17.7 Å². The molecule has 0 unspecified atom stereocenters. The van der Waals surface area contributed by atoms with Crippen LogP contribution in [0.5, 0.6) is 5.75 Å². The van der Waals surface area contributed by atoms with Gasteiger partial charge in [0, 0.05) is 11.5 Å². The molecule has 1 heterocycles. The largest absolute Gasteiger partial charge is 0.504 e. The minimum Gasteiger partial charge on any atom is -0.504 e. The molecule has 3 atom stereocenters. The molecule has 1 aliphatic heterocycles. The first-order valence-electron chi connectivity index (χ1n) is 7.57. The van der Waals surface area contributed by atoms with Gasteiger partial charge in [0.1, 0.15) is 0 Å². The highest BCUT2D eigenvalue weighted by molar-refractivity contribution is 6.33. The molecule has 4 rings (SSSR count). The Kier molecular flexibility index (Phi) is 2.80. The second-order valence-electron chi connectivity index (χ2n) is 6.58. The van der Waals surface area contributed by atoms with Crippen LogP contribution in [0.3, 0.4) is 0 Å². The normalized spacial score (nSPS) is 35.3. The SMILES string of the molecule is Oc1c(F)cc2c(c1Cl)[C@@]13CCCC[C@H]1[C@@H](C2)NCC3. The molecule has 1 saturated carbocycles. The first-order valence-corrected chi connectivity index (χ1v) is 7.95. The first-order chi connectivity index (χ1) is 9.63. The molecular weight excluding hydrogens is 277 g/mol. The Hall–Kier alpha value is -0.800. The number of phenolic OH excluding ortho intramolecular Hbond substituents is 1.